The van der Waals surface area contributed by atoms with Crippen molar-refractivity contribution in [3.63, 3.8) is 0 Å². The Kier molecular flexibility index (Phi) is 2.87. The number of rotatable bonds is 2. The van der Waals surface area contributed by atoms with Crippen molar-refractivity contribution < 1.29 is 0 Å². The quantitative estimate of drug-likeness (QED) is 0.844. The Hall–Kier alpha value is -1.32. The lowest BCUT2D eigenvalue weighted by Gasteiger charge is -2.27. The van der Waals surface area contributed by atoms with E-state index in [-0.39, 0.29) is 0 Å². The van der Waals surface area contributed by atoms with Crippen LogP contribution in [0, 0.1) is 0 Å². The third kappa shape index (κ3) is 2.08. The van der Waals surface area contributed by atoms with Crippen molar-refractivity contribution in [2.45, 2.75) is 6.54 Å². The number of hydrogen-bond acceptors (Lipinski definition) is 2. The van der Waals surface area contributed by atoms with Gasteiger partial charge in [0.15, 0.2) is 0 Å². The minimum Gasteiger partial charge on any atom is -0.346 e. The molecule has 1 N–H and O–H groups in total. The summed E-state index contributed by atoms with van der Waals surface area (Å²) in [5.41, 5.74) is 2.74. The molecule has 1 fully saturated rings. The third-order valence-electron chi connectivity index (χ3n) is 3.65. The number of aromatic nitrogens is 1. The first-order valence-corrected chi connectivity index (χ1v) is 6.31. The number of fused-ring (bicyclic) bond motifs is 1. The summed E-state index contributed by atoms with van der Waals surface area (Å²) in [6.07, 6.45) is 0. The molecule has 0 aliphatic carbocycles. The molecule has 2 aromatic rings. The van der Waals surface area contributed by atoms with Crippen LogP contribution in [0.25, 0.3) is 10.9 Å². The van der Waals surface area contributed by atoms with Gasteiger partial charge in [0.1, 0.15) is 0 Å². The molecule has 1 aliphatic rings. The van der Waals surface area contributed by atoms with Crippen molar-refractivity contribution in [2.24, 2.45) is 7.05 Å². The summed E-state index contributed by atoms with van der Waals surface area (Å²) in [5, 5.41) is 4.74. The second kappa shape index (κ2) is 4.51. The molecule has 0 saturated carbocycles. The van der Waals surface area contributed by atoms with E-state index in [4.69, 9.17) is 0 Å². The van der Waals surface area contributed by atoms with E-state index in [0.717, 1.165) is 32.7 Å². The van der Waals surface area contributed by atoms with Crippen molar-refractivity contribution in [1.82, 2.24) is 14.8 Å². The number of para-hydroxylation sites is 1. The van der Waals surface area contributed by atoms with Crippen molar-refractivity contribution in [2.75, 3.05) is 26.2 Å². The Labute approximate surface area is 102 Å². The summed E-state index contributed by atoms with van der Waals surface area (Å²) < 4.78 is 2.32. The number of hydrogen-bond donors (Lipinski definition) is 1. The highest BCUT2D eigenvalue weighted by molar-refractivity contribution is 5.81. The summed E-state index contributed by atoms with van der Waals surface area (Å²) in [4.78, 5) is 2.52. The molecule has 0 unspecified atom stereocenters. The van der Waals surface area contributed by atoms with Gasteiger partial charge in [0.05, 0.1) is 0 Å². The van der Waals surface area contributed by atoms with E-state index in [9.17, 15) is 0 Å². The Morgan fingerprint density at radius 3 is 2.71 bits per heavy atom. The van der Waals surface area contributed by atoms with Crippen LogP contribution in [0.1, 0.15) is 5.69 Å². The van der Waals surface area contributed by atoms with Crippen LogP contribution in [-0.2, 0) is 13.6 Å². The average molecular weight is 229 g/mol. The van der Waals surface area contributed by atoms with Crippen molar-refractivity contribution in [3.8, 4) is 0 Å². The molecule has 0 amide bonds. The minimum atomic E-state index is 1.06. The van der Waals surface area contributed by atoms with Crippen LogP contribution in [0.2, 0.25) is 0 Å². The molecule has 1 aromatic heterocycles. The van der Waals surface area contributed by atoms with Crippen LogP contribution in [-0.4, -0.2) is 35.6 Å². The molecule has 1 aliphatic heterocycles. The highest BCUT2D eigenvalue weighted by Crippen LogP contribution is 2.19. The average Bonchev–Trinajstić information content (AvgIpc) is 2.68. The maximum absolute atomic E-state index is 3.39. The van der Waals surface area contributed by atoms with Gasteiger partial charge >= 0.3 is 0 Å². The van der Waals surface area contributed by atoms with E-state index in [1.165, 1.54) is 16.6 Å². The molecule has 17 heavy (non-hydrogen) atoms. The highest BCUT2D eigenvalue weighted by atomic mass is 15.2. The molecule has 1 saturated heterocycles. The van der Waals surface area contributed by atoms with Crippen LogP contribution in [0.3, 0.4) is 0 Å². The van der Waals surface area contributed by atoms with E-state index in [1.807, 2.05) is 0 Å². The lowest BCUT2D eigenvalue weighted by Crippen LogP contribution is -2.43. The number of aryl methyl sites for hydroxylation is 1. The first-order valence-electron chi connectivity index (χ1n) is 6.31. The second-order valence-corrected chi connectivity index (χ2v) is 4.78. The van der Waals surface area contributed by atoms with Crippen molar-refractivity contribution >= 4 is 10.9 Å². The van der Waals surface area contributed by atoms with Crippen LogP contribution in [0.5, 0.6) is 0 Å². The fourth-order valence-corrected chi connectivity index (χ4v) is 2.60. The lowest BCUT2D eigenvalue weighted by molar-refractivity contribution is 0.229. The molecule has 0 spiro atoms. The first kappa shape index (κ1) is 10.8. The topological polar surface area (TPSA) is 20.2 Å². The molecule has 0 atom stereocenters. The van der Waals surface area contributed by atoms with Gasteiger partial charge in [0.2, 0.25) is 0 Å². The smallest absolute Gasteiger partial charge is 0.0480 e. The van der Waals surface area contributed by atoms with Crippen molar-refractivity contribution in [3.05, 3.63) is 36.0 Å². The summed E-state index contributed by atoms with van der Waals surface area (Å²) in [5.74, 6) is 0. The van der Waals surface area contributed by atoms with Crippen LogP contribution >= 0.6 is 0 Å². The number of benzene rings is 1. The van der Waals surface area contributed by atoms with Gasteiger partial charge in [0, 0.05) is 51.0 Å². The Morgan fingerprint density at radius 2 is 1.94 bits per heavy atom. The molecule has 0 radical (unpaired) electrons. The zero-order valence-electron chi connectivity index (χ0n) is 10.3. The maximum Gasteiger partial charge on any atom is 0.0480 e. The number of nitrogens with zero attached hydrogens (tertiary/aromatic N) is 2. The van der Waals surface area contributed by atoms with Crippen LogP contribution in [0.4, 0.5) is 0 Å². The summed E-state index contributed by atoms with van der Waals surface area (Å²) in [7, 11) is 2.17. The fraction of sp³-hybridized carbons (Fsp3) is 0.429. The van der Waals surface area contributed by atoms with Gasteiger partial charge in [-0.05, 0) is 17.5 Å². The van der Waals surface area contributed by atoms with Gasteiger partial charge in [-0.1, -0.05) is 18.2 Å². The fourth-order valence-electron chi connectivity index (χ4n) is 2.60. The molecular formula is C14H19N3. The molecule has 3 heteroatoms. The predicted molar refractivity (Wildman–Crippen MR) is 71.1 cm³/mol. The minimum absolute atomic E-state index is 1.06. The monoisotopic (exact) mass is 229 g/mol. The largest absolute Gasteiger partial charge is 0.346 e. The number of nitrogens with one attached hydrogen (secondary N) is 1. The standard InChI is InChI=1S/C14H19N3/c1-16-13(11-17-8-6-15-7-9-17)10-12-4-2-3-5-14(12)16/h2-5,10,15H,6-9,11H2,1H3. The Bertz CT molecular complexity index is 509. The third-order valence-corrected chi connectivity index (χ3v) is 3.65. The van der Waals surface area contributed by atoms with E-state index in [1.54, 1.807) is 0 Å². The van der Waals surface area contributed by atoms with Gasteiger partial charge in [-0.3, -0.25) is 4.90 Å². The van der Waals surface area contributed by atoms with E-state index >= 15 is 0 Å². The molecule has 3 nitrogen and oxygen atoms in total. The Balaban J connectivity index is 1.87. The maximum atomic E-state index is 3.39. The molecule has 90 valence electrons. The van der Waals surface area contributed by atoms with Gasteiger partial charge in [-0.15, -0.1) is 0 Å². The zero-order chi connectivity index (χ0) is 11.7. The Morgan fingerprint density at radius 1 is 1.18 bits per heavy atom. The SMILES string of the molecule is Cn1c(CN2CCNCC2)cc2ccccc21. The zero-order valence-corrected chi connectivity index (χ0v) is 10.3. The van der Waals surface area contributed by atoms with Crippen LogP contribution < -0.4 is 5.32 Å². The molecule has 0 bridgehead atoms. The van der Waals surface area contributed by atoms with E-state index < -0.39 is 0 Å². The summed E-state index contributed by atoms with van der Waals surface area (Å²) in [6.45, 7) is 5.60. The summed E-state index contributed by atoms with van der Waals surface area (Å²) >= 11 is 0. The molecule has 3 rings (SSSR count). The van der Waals surface area contributed by atoms with Crippen LogP contribution in [0.15, 0.2) is 30.3 Å². The van der Waals surface area contributed by atoms with E-state index in [2.05, 4.69) is 52.2 Å². The predicted octanol–water partition coefficient (Wildman–Crippen LogP) is 1.58. The normalized spacial score (nSPS) is 17.7. The van der Waals surface area contributed by atoms with Gasteiger partial charge in [0.25, 0.3) is 0 Å². The molecular weight excluding hydrogens is 210 g/mol. The highest BCUT2D eigenvalue weighted by Gasteiger charge is 2.12. The number of piperazine rings is 1. The second-order valence-electron chi connectivity index (χ2n) is 4.78. The molecule has 1 aromatic carbocycles. The summed E-state index contributed by atoms with van der Waals surface area (Å²) in [6, 6.07) is 10.9. The van der Waals surface area contributed by atoms with Gasteiger partial charge < -0.3 is 9.88 Å². The van der Waals surface area contributed by atoms with Gasteiger partial charge in [-0.25, -0.2) is 0 Å². The van der Waals surface area contributed by atoms with Crippen molar-refractivity contribution in [1.29, 1.82) is 0 Å². The van der Waals surface area contributed by atoms with Gasteiger partial charge in [-0.2, -0.15) is 0 Å². The lowest BCUT2D eigenvalue weighted by atomic mass is 10.2. The first-order chi connectivity index (χ1) is 8.34. The molecule has 2 heterocycles. The van der Waals surface area contributed by atoms with E-state index in [0.29, 0.717) is 0 Å².